The third kappa shape index (κ3) is 1.92. The monoisotopic (exact) mass is 232 g/mol. The van der Waals surface area contributed by atoms with Crippen molar-refractivity contribution in [3.05, 3.63) is 0 Å². The Labute approximate surface area is 92.3 Å². The molecule has 5 heteroatoms. The zero-order valence-electron chi connectivity index (χ0n) is 9.68. The second-order valence-electron chi connectivity index (χ2n) is 5.15. The minimum absolute atomic E-state index is 0.283. The largest absolute Gasteiger partial charge is 0.306 e. The number of fused-ring (bicyclic) bond motifs is 1. The zero-order valence-corrected chi connectivity index (χ0v) is 10.5. The average molecular weight is 232 g/mol. The van der Waals surface area contributed by atoms with Crippen LogP contribution in [0.3, 0.4) is 0 Å². The fourth-order valence-electron chi connectivity index (χ4n) is 2.69. The van der Waals surface area contributed by atoms with E-state index in [1.165, 1.54) is 0 Å². The lowest BCUT2D eigenvalue weighted by Crippen LogP contribution is -2.36. The Hall–Kier alpha value is -0.130. The normalized spacial score (nSPS) is 33.9. The first kappa shape index (κ1) is 11.4. The standard InChI is InChI=1S/C10H20N2O2S/c1-8(2)15(13,14)12-6-9-4-11(3)5-10(9)7-12/h8-10H,4-7H2,1-3H3. The minimum Gasteiger partial charge on any atom is -0.306 e. The van der Waals surface area contributed by atoms with E-state index in [2.05, 4.69) is 11.9 Å². The summed E-state index contributed by atoms with van der Waals surface area (Å²) in [6, 6.07) is 0. The molecule has 0 N–H and O–H groups in total. The molecular formula is C10H20N2O2S. The molecule has 2 aliphatic heterocycles. The van der Waals surface area contributed by atoms with Crippen LogP contribution in [-0.2, 0) is 10.0 Å². The molecule has 2 saturated heterocycles. The summed E-state index contributed by atoms with van der Waals surface area (Å²) in [7, 11) is -0.911. The van der Waals surface area contributed by atoms with E-state index in [0.717, 1.165) is 26.2 Å². The molecule has 4 nitrogen and oxygen atoms in total. The van der Waals surface area contributed by atoms with E-state index in [-0.39, 0.29) is 5.25 Å². The van der Waals surface area contributed by atoms with Gasteiger partial charge in [-0.3, -0.25) is 0 Å². The van der Waals surface area contributed by atoms with Gasteiger partial charge in [-0.1, -0.05) is 0 Å². The number of hydrogen-bond acceptors (Lipinski definition) is 3. The fraction of sp³-hybridized carbons (Fsp3) is 1.00. The summed E-state index contributed by atoms with van der Waals surface area (Å²) in [6.07, 6.45) is 0. The summed E-state index contributed by atoms with van der Waals surface area (Å²) < 4.78 is 25.6. The lowest BCUT2D eigenvalue weighted by atomic mass is 10.0. The van der Waals surface area contributed by atoms with Crippen molar-refractivity contribution >= 4 is 10.0 Å². The van der Waals surface area contributed by atoms with Crippen LogP contribution in [0.25, 0.3) is 0 Å². The average Bonchev–Trinajstić information content (AvgIpc) is 2.60. The first-order valence-electron chi connectivity index (χ1n) is 5.58. The Morgan fingerprint density at radius 1 is 1.07 bits per heavy atom. The Bertz CT molecular complexity index is 325. The maximum Gasteiger partial charge on any atom is 0.216 e. The van der Waals surface area contributed by atoms with Gasteiger partial charge in [0.2, 0.25) is 10.0 Å². The molecule has 2 fully saturated rings. The summed E-state index contributed by atoms with van der Waals surface area (Å²) in [6.45, 7) is 7.08. The van der Waals surface area contributed by atoms with Crippen molar-refractivity contribution in [3.8, 4) is 0 Å². The van der Waals surface area contributed by atoms with E-state index < -0.39 is 10.0 Å². The van der Waals surface area contributed by atoms with E-state index in [1.807, 2.05) is 0 Å². The fourth-order valence-corrected chi connectivity index (χ4v) is 4.09. The van der Waals surface area contributed by atoms with Crippen molar-refractivity contribution in [2.75, 3.05) is 33.2 Å². The highest BCUT2D eigenvalue weighted by molar-refractivity contribution is 7.89. The Balaban J connectivity index is 2.07. The second-order valence-corrected chi connectivity index (χ2v) is 7.64. The van der Waals surface area contributed by atoms with Gasteiger partial charge in [0.1, 0.15) is 0 Å². The molecule has 0 aliphatic carbocycles. The maximum atomic E-state index is 12.0. The first-order valence-corrected chi connectivity index (χ1v) is 7.09. The number of rotatable bonds is 2. The maximum absolute atomic E-state index is 12.0. The highest BCUT2D eigenvalue weighted by Gasteiger charge is 2.43. The van der Waals surface area contributed by atoms with Crippen LogP contribution >= 0.6 is 0 Å². The number of likely N-dealkylation sites (tertiary alicyclic amines) is 1. The van der Waals surface area contributed by atoms with E-state index >= 15 is 0 Å². The van der Waals surface area contributed by atoms with Crippen molar-refractivity contribution in [2.24, 2.45) is 11.8 Å². The summed E-state index contributed by atoms with van der Waals surface area (Å²) in [4.78, 5) is 2.30. The third-order valence-corrected chi connectivity index (χ3v) is 5.80. The Morgan fingerprint density at radius 2 is 1.53 bits per heavy atom. The molecule has 2 aliphatic rings. The lowest BCUT2D eigenvalue weighted by molar-refractivity contribution is 0.348. The van der Waals surface area contributed by atoms with Crippen LogP contribution in [0.1, 0.15) is 13.8 Å². The molecular weight excluding hydrogens is 212 g/mol. The van der Waals surface area contributed by atoms with Gasteiger partial charge in [0.05, 0.1) is 5.25 Å². The number of hydrogen-bond donors (Lipinski definition) is 0. The van der Waals surface area contributed by atoms with Gasteiger partial charge >= 0.3 is 0 Å². The zero-order chi connectivity index (χ0) is 11.2. The van der Waals surface area contributed by atoms with Crippen LogP contribution in [0.2, 0.25) is 0 Å². The van der Waals surface area contributed by atoms with E-state index in [1.54, 1.807) is 18.2 Å². The lowest BCUT2D eigenvalue weighted by Gasteiger charge is -2.21. The number of sulfonamides is 1. The van der Waals surface area contributed by atoms with Gasteiger partial charge in [0.15, 0.2) is 0 Å². The van der Waals surface area contributed by atoms with Gasteiger partial charge in [0, 0.05) is 26.2 Å². The molecule has 0 aromatic carbocycles. The van der Waals surface area contributed by atoms with Crippen LogP contribution in [0.5, 0.6) is 0 Å². The first-order chi connectivity index (χ1) is 6.91. The van der Waals surface area contributed by atoms with Crippen molar-refractivity contribution in [1.82, 2.24) is 9.21 Å². The summed E-state index contributed by atoms with van der Waals surface area (Å²) in [5.41, 5.74) is 0. The van der Waals surface area contributed by atoms with Crippen molar-refractivity contribution in [3.63, 3.8) is 0 Å². The predicted molar refractivity (Wildman–Crippen MR) is 60.1 cm³/mol. The summed E-state index contributed by atoms with van der Waals surface area (Å²) in [5.74, 6) is 1.12. The van der Waals surface area contributed by atoms with Crippen LogP contribution in [0.4, 0.5) is 0 Å². The minimum atomic E-state index is -3.02. The van der Waals surface area contributed by atoms with Crippen LogP contribution in [0.15, 0.2) is 0 Å². The SMILES string of the molecule is CC(C)S(=O)(=O)N1CC2CN(C)CC2C1. The molecule has 2 unspecified atom stereocenters. The molecule has 88 valence electrons. The van der Waals surface area contributed by atoms with Crippen LogP contribution in [-0.4, -0.2) is 56.1 Å². The van der Waals surface area contributed by atoms with Crippen molar-refractivity contribution < 1.29 is 8.42 Å². The predicted octanol–water partition coefficient (Wildman–Crippen LogP) is 0.218. The summed E-state index contributed by atoms with van der Waals surface area (Å²) >= 11 is 0. The number of nitrogens with zero attached hydrogens (tertiary/aromatic N) is 2. The van der Waals surface area contributed by atoms with E-state index in [9.17, 15) is 8.42 Å². The summed E-state index contributed by atoms with van der Waals surface area (Å²) in [5, 5.41) is -0.283. The highest BCUT2D eigenvalue weighted by atomic mass is 32.2. The van der Waals surface area contributed by atoms with Gasteiger partial charge in [0.25, 0.3) is 0 Å². The third-order valence-electron chi connectivity index (χ3n) is 3.59. The van der Waals surface area contributed by atoms with E-state index in [0.29, 0.717) is 11.8 Å². The molecule has 2 heterocycles. The van der Waals surface area contributed by atoms with Crippen LogP contribution < -0.4 is 0 Å². The van der Waals surface area contributed by atoms with Gasteiger partial charge in [-0.2, -0.15) is 0 Å². The Kier molecular flexibility index (Phi) is 2.81. The second kappa shape index (κ2) is 3.71. The van der Waals surface area contributed by atoms with Gasteiger partial charge in [-0.15, -0.1) is 0 Å². The molecule has 0 spiro atoms. The van der Waals surface area contributed by atoms with Gasteiger partial charge in [-0.25, -0.2) is 12.7 Å². The van der Waals surface area contributed by atoms with Crippen molar-refractivity contribution in [1.29, 1.82) is 0 Å². The molecule has 0 bridgehead atoms. The highest BCUT2D eigenvalue weighted by Crippen LogP contribution is 2.32. The molecule has 0 radical (unpaired) electrons. The topological polar surface area (TPSA) is 40.6 Å². The molecule has 15 heavy (non-hydrogen) atoms. The van der Waals surface area contributed by atoms with Gasteiger partial charge < -0.3 is 4.90 Å². The smallest absolute Gasteiger partial charge is 0.216 e. The van der Waals surface area contributed by atoms with Crippen molar-refractivity contribution in [2.45, 2.75) is 19.1 Å². The molecule has 2 atom stereocenters. The Morgan fingerprint density at radius 3 is 1.93 bits per heavy atom. The molecule has 0 aromatic heterocycles. The molecule has 0 saturated carbocycles. The van der Waals surface area contributed by atoms with Crippen LogP contribution in [0, 0.1) is 11.8 Å². The van der Waals surface area contributed by atoms with E-state index in [4.69, 9.17) is 0 Å². The molecule has 2 rings (SSSR count). The quantitative estimate of drug-likeness (QED) is 0.684. The molecule has 0 aromatic rings. The van der Waals surface area contributed by atoms with Gasteiger partial charge in [-0.05, 0) is 32.7 Å². The molecule has 0 amide bonds.